The first-order chi connectivity index (χ1) is 9.27. The Labute approximate surface area is 109 Å². The number of carbonyl (C=O) groups excluding carboxylic acids is 1. The molecule has 7 heteroatoms. The van der Waals surface area contributed by atoms with Crippen molar-refractivity contribution < 1.29 is 4.79 Å². The lowest BCUT2D eigenvalue weighted by molar-refractivity contribution is 0.0890. The summed E-state index contributed by atoms with van der Waals surface area (Å²) in [4.78, 5) is 29.5. The monoisotopic (exact) mass is 256 g/mol. The van der Waals surface area contributed by atoms with Gasteiger partial charge < -0.3 is 10.6 Å². The third-order valence-corrected chi connectivity index (χ3v) is 3.22. The zero-order valence-corrected chi connectivity index (χ0v) is 10.0. The molecular formula is C12H12N6O. The molecule has 0 aromatic carbocycles. The minimum Gasteiger partial charge on any atom is -0.351 e. The summed E-state index contributed by atoms with van der Waals surface area (Å²) in [7, 11) is 0. The highest BCUT2D eigenvalue weighted by Gasteiger charge is 2.45. The molecule has 2 aromatic rings. The van der Waals surface area contributed by atoms with Crippen LogP contribution in [0, 0.1) is 0 Å². The number of carbonyl (C=O) groups is 1. The number of urea groups is 1. The molecule has 0 spiro atoms. The average molecular weight is 256 g/mol. The Morgan fingerprint density at radius 2 is 2.05 bits per heavy atom. The first kappa shape index (κ1) is 11.5. The van der Waals surface area contributed by atoms with E-state index in [1.54, 1.807) is 35.6 Å². The second-order valence-corrected chi connectivity index (χ2v) is 4.28. The van der Waals surface area contributed by atoms with Crippen molar-refractivity contribution in [2.24, 2.45) is 5.73 Å². The topological polar surface area (TPSA) is 97.9 Å². The molecular weight excluding hydrogens is 244 g/mol. The molecule has 0 aliphatic carbocycles. The predicted molar refractivity (Wildman–Crippen MR) is 65.8 cm³/mol. The first-order valence-corrected chi connectivity index (χ1v) is 5.86. The van der Waals surface area contributed by atoms with Crippen LogP contribution in [0.2, 0.25) is 0 Å². The maximum absolute atomic E-state index is 11.4. The Bertz CT molecular complexity index is 575. The molecule has 1 fully saturated rings. The number of primary amides is 1. The fraction of sp³-hybridized carbons (Fsp3) is 0.250. The van der Waals surface area contributed by atoms with E-state index in [-0.39, 0.29) is 12.0 Å². The molecule has 3 rings (SSSR count). The smallest absolute Gasteiger partial charge is 0.315 e. The number of rotatable bonds is 2. The highest BCUT2D eigenvalue weighted by atomic mass is 16.2. The zero-order valence-electron chi connectivity index (χ0n) is 10.0. The Kier molecular flexibility index (Phi) is 2.79. The normalized spacial score (nSPS) is 21.8. The number of amides is 2. The van der Waals surface area contributed by atoms with Gasteiger partial charge >= 0.3 is 6.03 Å². The minimum atomic E-state index is -0.462. The number of hydrogen-bond acceptors (Lipinski definition) is 5. The molecule has 1 aliphatic heterocycles. The van der Waals surface area contributed by atoms with Crippen molar-refractivity contribution in [1.82, 2.24) is 24.8 Å². The highest BCUT2D eigenvalue weighted by Crippen LogP contribution is 2.42. The van der Waals surface area contributed by atoms with Gasteiger partial charge in [0.2, 0.25) is 0 Å². The molecule has 19 heavy (non-hydrogen) atoms. The van der Waals surface area contributed by atoms with E-state index in [0.29, 0.717) is 12.4 Å². The number of hydrogen-bond donors (Lipinski definition) is 1. The van der Waals surface area contributed by atoms with E-state index < -0.39 is 6.03 Å². The Morgan fingerprint density at radius 1 is 1.26 bits per heavy atom. The van der Waals surface area contributed by atoms with Crippen LogP contribution in [-0.2, 0) is 0 Å². The summed E-state index contributed by atoms with van der Waals surface area (Å²) in [6.07, 6.45) is 6.47. The molecule has 0 saturated carbocycles. The van der Waals surface area contributed by atoms with E-state index >= 15 is 0 Å². The standard InChI is InChI=1S/C12H12N6O/c13-12(19)18-6-8(11-15-3-1-4-16-11)10(18)9-2-5-14-7-17-9/h1-5,7-8,10H,6H2,(H2,13,19). The molecule has 2 amide bonds. The van der Waals surface area contributed by atoms with Crippen molar-refractivity contribution in [2.45, 2.75) is 12.0 Å². The zero-order chi connectivity index (χ0) is 13.2. The maximum atomic E-state index is 11.4. The Morgan fingerprint density at radius 3 is 2.68 bits per heavy atom. The molecule has 2 unspecified atom stereocenters. The van der Waals surface area contributed by atoms with Crippen molar-refractivity contribution in [3.8, 4) is 0 Å². The number of nitrogens with zero attached hydrogens (tertiary/aromatic N) is 5. The van der Waals surface area contributed by atoms with E-state index in [2.05, 4.69) is 19.9 Å². The van der Waals surface area contributed by atoms with E-state index in [1.807, 2.05) is 0 Å². The van der Waals surface area contributed by atoms with Crippen molar-refractivity contribution in [3.63, 3.8) is 0 Å². The van der Waals surface area contributed by atoms with Crippen molar-refractivity contribution in [1.29, 1.82) is 0 Å². The Balaban J connectivity index is 1.93. The largest absolute Gasteiger partial charge is 0.351 e. The molecule has 96 valence electrons. The number of nitrogens with two attached hydrogens (primary N) is 1. The summed E-state index contributed by atoms with van der Waals surface area (Å²) in [5.74, 6) is 0.715. The van der Waals surface area contributed by atoms with E-state index in [4.69, 9.17) is 5.73 Å². The van der Waals surface area contributed by atoms with Gasteiger partial charge in [-0.2, -0.15) is 0 Å². The molecule has 2 aromatic heterocycles. The summed E-state index contributed by atoms with van der Waals surface area (Å²) >= 11 is 0. The predicted octanol–water partition coefficient (Wildman–Crippen LogP) is 0.486. The van der Waals surface area contributed by atoms with Gasteiger partial charge in [0.05, 0.1) is 17.7 Å². The van der Waals surface area contributed by atoms with Crippen LogP contribution >= 0.6 is 0 Å². The van der Waals surface area contributed by atoms with Crippen LogP contribution in [-0.4, -0.2) is 37.4 Å². The van der Waals surface area contributed by atoms with Crippen molar-refractivity contribution in [2.75, 3.05) is 6.54 Å². The van der Waals surface area contributed by atoms with Gasteiger partial charge in [0, 0.05) is 25.1 Å². The third kappa shape index (κ3) is 1.99. The summed E-state index contributed by atoms with van der Waals surface area (Å²) < 4.78 is 0. The van der Waals surface area contributed by atoms with Crippen LogP contribution < -0.4 is 5.73 Å². The summed E-state index contributed by atoms with van der Waals surface area (Å²) in [5, 5.41) is 0. The SMILES string of the molecule is NC(=O)N1CC(c2ncccn2)C1c1ccncn1. The Hall–Kier alpha value is -2.57. The van der Waals surface area contributed by atoms with Crippen LogP contribution in [0.4, 0.5) is 4.79 Å². The number of aromatic nitrogens is 4. The van der Waals surface area contributed by atoms with Crippen molar-refractivity contribution in [3.05, 3.63) is 48.6 Å². The lowest BCUT2D eigenvalue weighted by atomic mass is 9.85. The van der Waals surface area contributed by atoms with Crippen molar-refractivity contribution >= 4 is 6.03 Å². The number of likely N-dealkylation sites (tertiary alicyclic amines) is 1. The third-order valence-electron chi connectivity index (χ3n) is 3.22. The van der Waals surface area contributed by atoms with Gasteiger partial charge in [-0.15, -0.1) is 0 Å². The van der Waals surface area contributed by atoms with Gasteiger partial charge in [-0.25, -0.2) is 24.7 Å². The molecule has 2 N–H and O–H groups in total. The fourth-order valence-electron chi connectivity index (χ4n) is 2.30. The molecule has 3 heterocycles. The quantitative estimate of drug-likeness (QED) is 0.843. The summed E-state index contributed by atoms with van der Waals surface area (Å²) in [5.41, 5.74) is 6.12. The van der Waals surface area contributed by atoms with E-state index in [1.165, 1.54) is 6.33 Å². The van der Waals surface area contributed by atoms with Gasteiger partial charge in [0.15, 0.2) is 0 Å². The average Bonchev–Trinajstić information content (AvgIpc) is 2.39. The van der Waals surface area contributed by atoms with Crippen LogP contribution in [0.3, 0.4) is 0 Å². The lowest BCUT2D eigenvalue weighted by Crippen LogP contribution is -2.54. The van der Waals surface area contributed by atoms with Gasteiger partial charge in [-0.1, -0.05) is 0 Å². The first-order valence-electron chi connectivity index (χ1n) is 5.86. The lowest BCUT2D eigenvalue weighted by Gasteiger charge is -2.45. The molecule has 1 aliphatic rings. The molecule has 2 atom stereocenters. The highest BCUT2D eigenvalue weighted by molar-refractivity contribution is 5.74. The molecule has 0 bridgehead atoms. The van der Waals surface area contributed by atoms with Gasteiger partial charge in [0.25, 0.3) is 0 Å². The molecule has 1 saturated heterocycles. The van der Waals surface area contributed by atoms with Crippen LogP contribution in [0.25, 0.3) is 0 Å². The summed E-state index contributed by atoms with van der Waals surface area (Å²) in [6.45, 7) is 0.508. The summed E-state index contributed by atoms with van der Waals surface area (Å²) in [6, 6.07) is 2.85. The second kappa shape index (κ2) is 4.60. The fourth-order valence-corrected chi connectivity index (χ4v) is 2.30. The maximum Gasteiger partial charge on any atom is 0.315 e. The molecule has 0 radical (unpaired) electrons. The van der Waals surface area contributed by atoms with E-state index in [9.17, 15) is 4.79 Å². The van der Waals surface area contributed by atoms with Crippen LogP contribution in [0.5, 0.6) is 0 Å². The van der Waals surface area contributed by atoms with Gasteiger partial charge in [0.1, 0.15) is 12.2 Å². The van der Waals surface area contributed by atoms with Gasteiger partial charge in [-0.05, 0) is 12.1 Å². The van der Waals surface area contributed by atoms with E-state index in [0.717, 1.165) is 5.69 Å². The van der Waals surface area contributed by atoms with Gasteiger partial charge in [-0.3, -0.25) is 0 Å². The van der Waals surface area contributed by atoms with Crippen LogP contribution in [0.1, 0.15) is 23.5 Å². The minimum absolute atomic E-state index is 0.0172. The second-order valence-electron chi connectivity index (χ2n) is 4.28. The molecule has 7 nitrogen and oxygen atoms in total. The van der Waals surface area contributed by atoms with Crippen LogP contribution in [0.15, 0.2) is 37.1 Å².